The van der Waals surface area contributed by atoms with Gasteiger partial charge >= 0.3 is 5.69 Å². The van der Waals surface area contributed by atoms with Crippen molar-refractivity contribution in [1.29, 1.82) is 0 Å². The molecular weight excluding hydrogens is 406 g/mol. The molecule has 1 aromatic carbocycles. The lowest BCUT2D eigenvalue weighted by Gasteiger charge is -2.13. The van der Waals surface area contributed by atoms with E-state index in [1.165, 1.54) is 17.2 Å². The van der Waals surface area contributed by atoms with Crippen molar-refractivity contribution in [3.63, 3.8) is 0 Å². The van der Waals surface area contributed by atoms with Crippen LogP contribution in [-0.4, -0.2) is 30.8 Å². The Morgan fingerprint density at radius 1 is 1.12 bits per heavy atom. The van der Waals surface area contributed by atoms with Gasteiger partial charge in [0.25, 0.3) is 0 Å². The Kier molecular flexibility index (Phi) is 5.72. The smallest absolute Gasteiger partial charge is 0.311 e. The first kappa shape index (κ1) is 21.2. The third-order valence-electron chi connectivity index (χ3n) is 5.50. The summed E-state index contributed by atoms with van der Waals surface area (Å²) in [7, 11) is 0. The minimum absolute atomic E-state index is 0.0565. The first-order chi connectivity index (χ1) is 15.3. The van der Waals surface area contributed by atoms with Gasteiger partial charge in [-0.2, -0.15) is 0 Å². The highest BCUT2D eigenvalue weighted by Gasteiger charge is 2.14. The number of hydrogen-bond acceptors (Lipinski definition) is 7. The number of hydrogen-bond donors (Lipinski definition) is 2. The zero-order valence-electron chi connectivity index (χ0n) is 18.3. The summed E-state index contributed by atoms with van der Waals surface area (Å²) in [4.78, 5) is 24.0. The summed E-state index contributed by atoms with van der Waals surface area (Å²) >= 11 is 0. The zero-order chi connectivity index (χ0) is 22.8. The normalized spacial score (nSPS) is 11.1. The van der Waals surface area contributed by atoms with Crippen LogP contribution in [0.1, 0.15) is 28.9 Å². The highest BCUT2D eigenvalue weighted by molar-refractivity contribution is 5.70. The Morgan fingerprint density at radius 2 is 1.94 bits per heavy atom. The molecule has 0 amide bonds. The molecule has 0 atom stereocenters. The first-order valence-corrected chi connectivity index (χ1v) is 10.4. The Morgan fingerprint density at radius 3 is 2.69 bits per heavy atom. The van der Waals surface area contributed by atoms with Crippen molar-refractivity contribution in [3.05, 3.63) is 75.2 Å². The number of nitrogens with one attached hydrogen (secondary N) is 1. The standard InChI is InChI=1S/C23H25N7O2/c1-14-6-4-8-18(16(14)3)19-12-21-26-15(2)13-29(21)23(28-19)25-11-5-7-17-9-10-20(30(31)32)22(24)27-17/h4,6,8-10,12-13H,5,7,11H2,1-3H3,(H2,24,27)(H,25,28). The predicted molar refractivity (Wildman–Crippen MR) is 125 cm³/mol. The first-order valence-electron chi connectivity index (χ1n) is 10.4. The summed E-state index contributed by atoms with van der Waals surface area (Å²) in [5.41, 5.74) is 12.4. The summed E-state index contributed by atoms with van der Waals surface area (Å²) in [6.07, 6.45) is 3.35. The quantitative estimate of drug-likeness (QED) is 0.255. The lowest BCUT2D eigenvalue weighted by atomic mass is 10.0. The summed E-state index contributed by atoms with van der Waals surface area (Å²) in [5.74, 6) is 0.661. The molecule has 3 aromatic heterocycles. The summed E-state index contributed by atoms with van der Waals surface area (Å²) in [6, 6.07) is 11.3. The fourth-order valence-corrected chi connectivity index (χ4v) is 3.67. The van der Waals surface area contributed by atoms with Gasteiger partial charge in [0.2, 0.25) is 11.8 Å². The monoisotopic (exact) mass is 431 g/mol. The van der Waals surface area contributed by atoms with Crippen molar-refractivity contribution in [2.45, 2.75) is 33.6 Å². The van der Waals surface area contributed by atoms with Crippen molar-refractivity contribution in [3.8, 4) is 11.3 Å². The van der Waals surface area contributed by atoms with E-state index in [1.807, 2.05) is 29.7 Å². The van der Waals surface area contributed by atoms with Gasteiger partial charge < -0.3 is 11.1 Å². The average molecular weight is 432 g/mol. The van der Waals surface area contributed by atoms with Crippen LogP contribution in [0, 0.1) is 30.9 Å². The topological polar surface area (TPSA) is 124 Å². The van der Waals surface area contributed by atoms with Gasteiger partial charge in [0.1, 0.15) is 5.65 Å². The minimum Gasteiger partial charge on any atom is -0.378 e. The van der Waals surface area contributed by atoms with Gasteiger partial charge in [0.05, 0.1) is 16.3 Å². The SMILES string of the molecule is Cc1cn2c(NCCCc3ccc([N+](=O)[O-])c(N)n3)nc(-c3cccc(C)c3C)cc2n1. The molecule has 0 radical (unpaired) electrons. The lowest BCUT2D eigenvalue weighted by molar-refractivity contribution is -0.384. The number of nitro groups is 1. The highest BCUT2D eigenvalue weighted by Crippen LogP contribution is 2.27. The largest absolute Gasteiger partial charge is 0.378 e. The van der Waals surface area contributed by atoms with Crippen LogP contribution >= 0.6 is 0 Å². The van der Waals surface area contributed by atoms with Crippen molar-refractivity contribution in [2.24, 2.45) is 0 Å². The van der Waals surface area contributed by atoms with Crippen molar-refractivity contribution >= 4 is 23.1 Å². The van der Waals surface area contributed by atoms with Crippen LogP contribution in [0.25, 0.3) is 16.9 Å². The fraction of sp³-hybridized carbons (Fsp3) is 0.261. The molecule has 0 saturated carbocycles. The molecule has 0 aliphatic heterocycles. The molecule has 0 spiro atoms. The Hall–Kier alpha value is -4.01. The van der Waals surface area contributed by atoms with E-state index in [9.17, 15) is 10.1 Å². The van der Waals surface area contributed by atoms with Gasteiger partial charge in [-0.3, -0.25) is 14.5 Å². The Labute approximate surface area is 185 Å². The van der Waals surface area contributed by atoms with Crippen LogP contribution < -0.4 is 11.1 Å². The summed E-state index contributed by atoms with van der Waals surface area (Å²) in [6.45, 7) is 6.80. The fourth-order valence-electron chi connectivity index (χ4n) is 3.67. The van der Waals surface area contributed by atoms with Crippen LogP contribution in [0.5, 0.6) is 0 Å². The molecule has 4 aromatic rings. The molecule has 0 aliphatic rings. The minimum atomic E-state index is -0.527. The number of pyridine rings is 1. The number of nitrogens with zero attached hydrogens (tertiary/aromatic N) is 5. The van der Waals surface area contributed by atoms with Crippen LogP contribution in [0.3, 0.4) is 0 Å². The zero-order valence-corrected chi connectivity index (χ0v) is 18.3. The molecule has 9 nitrogen and oxygen atoms in total. The van der Waals surface area contributed by atoms with Crippen LogP contribution in [-0.2, 0) is 6.42 Å². The third kappa shape index (κ3) is 4.22. The van der Waals surface area contributed by atoms with Gasteiger partial charge in [0, 0.05) is 36.1 Å². The van der Waals surface area contributed by atoms with Gasteiger partial charge in [0.15, 0.2) is 0 Å². The number of rotatable bonds is 7. The Balaban J connectivity index is 1.53. The van der Waals surface area contributed by atoms with E-state index in [0.29, 0.717) is 13.0 Å². The molecule has 0 aliphatic carbocycles. The number of aryl methyl sites for hydroxylation is 3. The molecule has 0 bridgehead atoms. The number of nitrogens with two attached hydrogens (primary N) is 1. The highest BCUT2D eigenvalue weighted by atomic mass is 16.6. The predicted octanol–water partition coefficient (Wildman–Crippen LogP) is 4.25. The van der Waals surface area contributed by atoms with Gasteiger partial charge in [-0.05, 0) is 50.8 Å². The number of benzene rings is 1. The number of imidazole rings is 1. The van der Waals surface area contributed by atoms with Gasteiger partial charge in [-0.25, -0.2) is 15.0 Å². The second-order valence-electron chi connectivity index (χ2n) is 7.82. The average Bonchev–Trinajstić information content (AvgIpc) is 3.13. The summed E-state index contributed by atoms with van der Waals surface area (Å²) in [5, 5.41) is 14.3. The second kappa shape index (κ2) is 8.62. The van der Waals surface area contributed by atoms with Crippen molar-refractivity contribution < 1.29 is 4.92 Å². The summed E-state index contributed by atoms with van der Waals surface area (Å²) < 4.78 is 1.95. The molecule has 0 unspecified atom stereocenters. The van der Waals surface area contributed by atoms with E-state index < -0.39 is 4.92 Å². The molecule has 3 heterocycles. The van der Waals surface area contributed by atoms with E-state index in [-0.39, 0.29) is 11.5 Å². The maximum absolute atomic E-state index is 10.9. The molecule has 164 valence electrons. The second-order valence-corrected chi connectivity index (χ2v) is 7.82. The van der Waals surface area contributed by atoms with E-state index >= 15 is 0 Å². The van der Waals surface area contributed by atoms with Crippen molar-refractivity contribution in [1.82, 2.24) is 19.4 Å². The van der Waals surface area contributed by atoms with E-state index in [1.54, 1.807) is 6.07 Å². The number of fused-ring (bicyclic) bond motifs is 1. The third-order valence-corrected chi connectivity index (χ3v) is 5.50. The molecule has 0 fully saturated rings. The molecule has 9 heteroatoms. The Bertz CT molecular complexity index is 1310. The van der Waals surface area contributed by atoms with Crippen LogP contribution in [0.2, 0.25) is 0 Å². The molecule has 4 rings (SSSR count). The van der Waals surface area contributed by atoms with E-state index in [2.05, 4.69) is 41.3 Å². The maximum atomic E-state index is 10.9. The van der Waals surface area contributed by atoms with Crippen LogP contribution in [0.15, 0.2) is 42.6 Å². The molecule has 3 N–H and O–H groups in total. The van der Waals surface area contributed by atoms with Crippen LogP contribution in [0.4, 0.5) is 17.5 Å². The van der Waals surface area contributed by atoms with Crippen molar-refractivity contribution in [2.75, 3.05) is 17.6 Å². The number of aromatic nitrogens is 4. The van der Waals surface area contributed by atoms with Gasteiger partial charge in [-0.1, -0.05) is 18.2 Å². The van der Waals surface area contributed by atoms with E-state index in [4.69, 9.17) is 10.7 Å². The van der Waals surface area contributed by atoms with E-state index in [0.717, 1.165) is 40.7 Å². The maximum Gasteiger partial charge on any atom is 0.311 e. The molecule has 0 saturated heterocycles. The molecule has 32 heavy (non-hydrogen) atoms. The number of nitrogen functional groups attached to an aromatic ring is 1. The molecular formula is C23H25N7O2. The lowest BCUT2D eigenvalue weighted by Crippen LogP contribution is -2.10. The van der Waals surface area contributed by atoms with Gasteiger partial charge in [-0.15, -0.1) is 0 Å². The number of anilines is 2.